The Balaban J connectivity index is 2.35. The molecule has 86 valence electrons. The normalized spacial score (nSPS) is 13.9. The molecule has 1 saturated heterocycles. The Bertz CT molecular complexity index is 431. The molecule has 0 saturated carbocycles. The Kier molecular flexibility index (Phi) is 2.91. The first-order chi connectivity index (χ1) is 7.63. The first kappa shape index (κ1) is 11.1. The minimum Gasteiger partial charge on any atom is -0.368 e. The van der Waals surface area contributed by atoms with Gasteiger partial charge in [-0.2, -0.15) is 4.98 Å². The van der Waals surface area contributed by atoms with Crippen molar-refractivity contribution in [3.8, 4) is 0 Å². The average molecular weight is 237 g/mol. The summed E-state index contributed by atoms with van der Waals surface area (Å²) in [6.07, 6.45) is 3.21. The number of aryl methyl sites for hydroxylation is 1. The van der Waals surface area contributed by atoms with Crippen molar-refractivity contribution < 1.29 is 0 Å². The van der Waals surface area contributed by atoms with Crippen molar-refractivity contribution in [3.63, 3.8) is 0 Å². The second-order valence-electron chi connectivity index (χ2n) is 3.83. The SMILES string of the molecule is CCCCc1c(C)nc(N)nc1N1NC1=S. The summed E-state index contributed by atoms with van der Waals surface area (Å²) in [5.41, 5.74) is 10.7. The van der Waals surface area contributed by atoms with Gasteiger partial charge < -0.3 is 5.73 Å². The van der Waals surface area contributed by atoms with Crippen LogP contribution in [0.3, 0.4) is 0 Å². The fraction of sp³-hybridized carbons (Fsp3) is 0.500. The predicted molar refractivity (Wildman–Crippen MR) is 68.0 cm³/mol. The van der Waals surface area contributed by atoms with E-state index in [2.05, 4.69) is 22.3 Å². The third-order valence-corrected chi connectivity index (χ3v) is 2.84. The molecule has 1 aromatic heterocycles. The van der Waals surface area contributed by atoms with Gasteiger partial charge in [0.05, 0.1) is 0 Å². The van der Waals surface area contributed by atoms with Crippen molar-refractivity contribution in [1.29, 1.82) is 0 Å². The summed E-state index contributed by atoms with van der Waals surface area (Å²) < 4.78 is 0. The fourth-order valence-electron chi connectivity index (χ4n) is 1.65. The zero-order valence-electron chi connectivity index (χ0n) is 9.45. The van der Waals surface area contributed by atoms with Crippen LogP contribution in [0.1, 0.15) is 31.0 Å². The van der Waals surface area contributed by atoms with E-state index in [4.69, 9.17) is 18.0 Å². The van der Waals surface area contributed by atoms with Gasteiger partial charge in [0.2, 0.25) is 11.1 Å². The van der Waals surface area contributed by atoms with Crippen LogP contribution in [0, 0.1) is 6.92 Å². The van der Waals surface area contributed by atoms with Crippen LogP contribution in [0.25, 0.3) is 0 Å². The number of aromatic nitrogens is 2. The quantitative estimate of drug-likeness (QED) is 0.607. The van der Waals surface area contributed by atoms with Crippen molar-refractivity contribution in [2.45, 2.75) is 33.1 Å². The molecule has 0 bridgehead atoms. The molecule has 0 aromatic carbocycles. The lowest BCUT2D eigenvalue weighted by Gasteiger charge is -2.10. The largest absolute Gasteiger partial charge is 0.368 e. The fourth-order valence-corrected chi connectivity index (χ4v) is 1.83. The number of nitrogens with two attached hydrogens (primary N) is 1. The molecule has 0 radical (unpaired) electrons. The third kappa shape index (κ3) is 2.06. The minimum atomic E-state index is 0.296. The van der Waals surface area contributed by atoms with E-state index < -0.39 is 0 Å². The molecule has 1 aromatic rings. The third-order valence-electron chi connectivity index (χ3n) is 2.56. The molecule has 5 nitrogen and oxygen atoms in total. The standard InChI is InChI=1S/C10H15N5S/c1-3-4-5-7-6(2)12-9(11)13-8(7)15-10(16)14-15/h3-5H2,1-2H3,(H,14,16)(H2,11,12,13). The van der Waals surface area contributed by atoms with Gasteiger partial charge in [0.15, 0.2) is 5.82 Å². The Morgan fingerprint density at radius 2 is 2.12 bits per heavy atom. The Labute approximate surface area is 100 Å². The van der Waals surface area contributed by atoms with E-state index in [0.717, 1.165) is 36.3 Å². The van der Waals surface area contributed by atoms with Crippen molar-refractivity contribution >= 4 is 29.1 Å². The van der Waals surface area contributed by atoms with Crippen molar-refractivity contribution in [2.75, 3.05) is 10.7 Å². The van der Waals surface area contributed by atoms with Crippen LogP contribution in [0.4, 0.5) is 11.8 Å². The van der Waals surface area contributed by atoms with Gasteiger partial charge in [-0.3, -0.25) is 5.43 Å². The first-order valence-corrected chi connectivity index (χ1v) is 5.78. The monoisotopic (exact) mass is 237 g/mol. The summed E-state index contributed by atoms with van der Waals surface area (Å²) in [6, 6.07) is 0. The highest BCUT2D eigenvalue weighted by Crippen LogP contribution is 2.26. The van der Waals surface area contributed by atoms with Crippen molar-refractivity contribution in [2.24, 2.45) is 0 Å². The lowest BCUT2D eigenvalue weighted by Crippen LogP contribution is -2.10. The van der Waals surface area contributed by atoms with E-state index in [1.54, 1.807) is 5.01 Å². The second kappa shape index (κ2) is 4.21. The molecule has 2 rings (SSSR count). The van der Waals surface area contributed by atoms with Crippen LogP contribution in [0.5, 0.6) is 0 Å². The Hall–Kier alpha value is -1.43. The lowest BCUT2D eigenvalue weighted by molar-refractivity contribution is 0.781. The Morgan fingerprint density at radius 1 is 1.44 bits per heavy atom. The number of rotatable bonds is 4. The summed E-state index contributed by atoms with van der Waals surface area (Å²) in [4.78, 5) is 8.43. The molecule has 3 N–H and O–H groups in total. The maximum Gasteiger partial charge on any atom is 0.222 e. The zero-order valence-corrected chi connectivity index (χ0v) is 10.3. The van der Waals surface area contributed by atoms with Gasteiger partial charge in [-0.15, -0.1) is 0 Å². The topological polar surface area (TPSA) is 76.8 Å². The molecular weight excluding hydrogens is 222 g/mol. The van der Waals surface area contributed by atoms with Crippen LogP contribution in [-0.2, 0) is 6.42 Å². The zero-order chi connectivity index (χ0) is 11.7. The molecule has 1 aliphatic heterocycles. The maximum absolute atomic E-state index is 5.65. The van der Waals surface area contributed by atoms with E-state index in [1.807, 2.05) is 6.92 Å². The highest BCUT2D eigenvalue weighted by atomic mass is 32.1. The van der Waals surface area contributed by atoms with Gasteiger partial charge in [0.25, 0.3) is 0 Å². The molecule has 0 amide bonds. The number of unbranched alkanes of at least 4 members (excludes halogenated alkanes) is 1. The number of thiocarbonyl (C=S) groups is 1. The number of hydrogen-bond donors (Lipinski definition) is 2. The molecule has 6 heteroatoms. The van der Waals surface area contributed by atoms with E-state index in [0.29, 0.717) is 11.1 Å². The van der Waals surface area contributed by atoms with Crippen molar-refractivity contribution in [1.82, 2.24) is 15.4 Å². The van der Waals surface area contributed by atoms with Gasteiger partial charge in [-0.1, -0.05) is 13.3 Å². The highest BCUT2D eigenvalue weighted by molar-refractivity contribution is 7.81. The van der Waals surface area contributed by atoms with Gasteiger partial charge in [-0.25, -0.2) is 9.99 Å². The number of hydrogen-bond acceptors (Lipinski definition) is 4. The van der Waals surface area contributed by atoms with E-state index in [1.165, 1.54) is 0 Å². The minimum absolute atomic E-state index is 0.296. The summed E-state index contributed by atoms with van der Waals surface area (Å²) in [5.74, 6) is 1.10. The molecule has 16 heavy (non-hydrogen) atoms. The molecule has 0 atom stereocenters. The number of nitrogens with zero attached hydrogens (tertiary/aromatic N) is 3. The van der Waals surface area contributed by atoms with Gasteiger partial charge in [0, 0.05) is 11.3 Å². The summed E-state index contributed by atoms with van der Waals surface area (Å²) in [5, 5.41) is 2.46. The Morgan fingerprint density at radius 3 is 2.69 bits per heavy atom. The van der Waals surface area contributed by atoms with Gasteiger partial charge >= 0.3 is 0 Å². The molecular formula is C10H15N5S. The van der Waals surface area contributed by atoms with E-state index in [-0.39, 0.29) is 0 Å². The summed E-state index contributed by atoms with van der Waals surface area (Å²) >= 11 is 5.02. The van der Waals surface area contributed by atoms with Gasteiger partial charge in [-0.05, 0) is 32.0 Å². The van der Waals surface area contributed by atoms with Crippen LogP contribution < -0.4 is 16.2 Å². The number of hydrazine groups is 1. The van der Waals surface area contributed by atoms with Crippen LogP contribution in [0.15, 0.2) is 0 Å². The molecule has 1 aliphatic rings. The number of anilines is 2. The van der Waals surface area contributed by atoms with Crippen molar-refractivity contribution in [3.05, 3.63) is 11.3 Å². The predicted octanol–water partition coefficient (Wildman–Crippen LogP) is 1.32. The highest BCUT2D eigenvalue weighted by Gasteiger charge is 2.30. The molecule has 0 spiro atoms. The summed E-state index contributed by atoms with van der Waals surface area (Å²) in [7, 11) is 0. The van der Waals surface area contributed by atoms with E-state index >= 15 is 0 Å². The number of nitrogen functional groups attached to an aromatic ring is 1. The van der Waals surface area contributed by atoms with Crippen LogP contribution in [-0.4, -0.2) is 15.1 Å². The average Bonchev–Trinajstić information content (AvgIpc) is 2.93. The molecule has 0 unspecified atom stereocenters. The molecule has 2 heterocycles. The first-order valence-electron chi connectivity index (χ1n) is 5.37. The maximum atomic E-state index is 5.65. The number of nitrogens with one attached hydrogen (secondary N) is 1. The smallest absolute Gasteiger partial charge is 0.222 e. The molecule has 1 fully saturated rings. The van der Waals surface area contributed by atoms with Gasteiger partial charge in [0.1, 0.15) is 0 Å². The van der Waals surface area contributed by atoms with Crippen LogP contribution in [0.2, 0.25) is 0 Å². The molecule has 0 aliphatic carbocycles. The summed E-state index contributed by atoms with van der Waals surface area (Å²) in [6.45, 7) is 4.12. The lowest BCUT2D eigenvalue weighted by atomic mass is 10.1. The second-order valence-corrected chi connectivity index (χ2v) is 4.21. The van der Waals surface area contributed by atoms with E-state index in [9.17, 15) is 0 Å². The van der Waals surface area contributed by atoms with Crippen LogP contribution >= 0.6 is 12.2 Å².